The second kappa shape index (κ2) is 4.42. The maximum atomic E-state index is 11.3. The molecule has 1 aromatic carbocycles. The first-order chi connectivity index (χ1) is 6.61. The van der Waals surface area contributed by atoms with Crippen molar-refractivity contribution in [1.82, 2.24) is 0 Å². The number of methoxy groups -OCH3 is 1. The highest BCUT2D eigenvalue weighted by Gasteiger charge is 2.16. The fraction of sp³-hybridized carbons (Fsp3) is 0.200. The summed E-state index contributed by atoms with van der Waals surface area (Å²) in [6, 6.07) is 5.36. The summed E-state index contributed by atoms with van der Waals surface area (Å²) in [6.07, 6.45) is 0. The molecule has 0 aliphatic rings. The van der Waals surface area contributed by atoms with Crippen molar-refractivity contribution in [3.05, 3.63) is 26.8 Å². The highest BCUT2D eigenvalue weighted by molar-refractivity contribution is 14.1. The minimum atomic E-state index is -0.156. The molecule has 0 aliphatic heterocycles. The minimum absolute atomic E-state index is 0.156. The molecule has 0 fully saturated rings. The van der Waals surface area contributed by atoms with Gasteiger partial charge in [-0.15, -0.1) is 0 Å². The van der Waals surface area contributed by atoms with Crippen LogP contribution in [0.25, 0.3) is 0 Å². The molecule has 3 nitrogen and oxygen atoms in total. The van der Waals surface area contributed by atoms with E-state index in [1.807, 2.05) is 6.07 Å². The van der Waals surface area contributed by atoms with Gasteiger partial charge in [-0.2, -0.15) is 5.26 Å². The van der Waals surface area contributed by atoms with Crippen molar-refractivity contribution in [2.24, 2.45) is 0 Å². The summed E-state index contributed by atoms with van der Waals surface area (Å²) in [5.74, 6) is 0.328. The van der Waals surface area contributed by atoms with Crippen LogP contribution in [0.5, 0.6) is 5.75 Å². The van der Waals surface area contributed by atoms with Gasteiger partial charge in [0.25, 0.3) is 0 Å². The van der Waals surface area contributed by atoms with Crippen molar-refractivity contribution in [3.8, 4) is 11.8 Å². The molecule has 72 valence electrons. The molecule has 0 amide bonds. The summed E-state index contributed by atoms with van der Waals surface area (Å²) in [5.41, 5.74) is 0.719. The summed E-state index contributed by atoms with van der Waals surface area (Å²) < 4.78 is 5.93. The molecule has 1 rings (SSSR count). The monoisotopic (exact) mass is 301 g/mol. The average Bonchev–Trinajstić information content (AvgIpc) is 2.17. The van der Waals surface area contributed by atoms with Crippen molar-refractivity contribution in [1.29, 1.82) is 5.26 Å². The van der Waals surface area contributed by atoms with E-state index in [4.69, 9.17) is 10.00 Å². The van der Waals surface area contributed by atoms with E-state index in [2.05, 4.69) is 22.6 Å². The van der Waals surface area contributed by atoms with Crippen LogP contribution in [0, 0.1) is 14.9 Å². The van der Waals surface area contributed by atoms with E-state index in [1.54, 1.807) is 12.1 Å². The zero-order valence-electron chi connectivity index (χ0n) is 7.80. The number of halogens is 1. The Labute approximate surface area is 95.8 Å². The molecule has 14 heavy (non-hydrogen) atoms. The molecule has 0 saturated heterocycles. The molecular formula is C10H8INO2. The number of hydrogen-bond donors (Lipinski definition) is 0. The van der Waals surface area contributed by atoms with Crippen molar-refractivity contribution < 1.29 is 9.53 Å². The Balaban J connectivity index is 3.54. The Morgan fingerprint density at radius 2 is 2.21 bits per heavy atom. The van der Waals surface area contributed by atoms with Crippen molar-refractivity contribution >= 4 is 28.4 Å². The zero-order chi connectivity index (χ0) is 10.7. The first-order valence-corrected chi connectivity index (χ1v) is 4.97. The number of rotatable bonds is 2. The molecule has 4 heteroatoms. The first-order valence-electron chi connectivity index (χ1n) is 3.89. The lowest BCUT2D eigenvalue weighted by molar-refractivity contribution is 0.101. The van der Waals surface area contributed by atoms with Crippen molar-refractivity contribution in [2.75, 3.05) is 7.11 Å². The van der Waals surface area contributed by atoms with Crippen molar-refractivity contribution in [2.45, 2.75) is 6.92 Å². The van der Waals surface area contributed by atoms with E-state index >= 15 is 0 Å². The lowest BCUT2D eigenvalue weighted by Gasteiger charge is -2.09. The van der Waals surface area contributed by atoms with Gasteiger partial charge in [-0.25, -0.2) is 0 Å². The molecule has 0 spiro atoms. The number of carbonyl (C=O) groups excluding carboxylic acids is 1. The number of Topliss-reactive ketones (excluding diaryl/α,β-unsaturated/α-hetero) is 1. The second-order valence-electron chi connectivity index (χ2n) is 2.67. The Morgan fingerprint density at radius 1 is 1.57 bits per heavy atom. The number of hydrogen-bond acceptors (Lipinski definition) is 3. The summed E-state index contributed by atoms with van der Waals surface area (Å²) in [6.45, 7) is 1.43. The molecule has 0 aliphatic carbocycles. The topological polar surface area (TPSA) is 50.1 Å². The van der Waals surface area contributed by atoms with Crippen LogP contribution in [0.15, 0.2) is 12.1 Å². The van der Waals surface area contributed by atoms with Crippen LogP contribution in [0.2, 0.25) is 0 Å². The van der Waals surface area contributed by atoms with Gasteiger partial charge in [0.1, 0.15) is 11.8 Å². The maximum absolute atomic E-state index is 11.3. The second-order valence-corrected chi connectivity index (χ2v) is 3.83. The summed E-state index contributed by atoms with van der Waals surface area (Å²) >= 11 is 2.07. The number of nitriles is 1. The number of benzene rings is 1. The summed E-state index contributed by atoms with van der Waals surface area (Å²) in [5, 5.41) is 8.82. The Hall–Kier alpha value is -1.09. The molecule has 0 radical (unpaired) electrons. The van der Waals surface area contributed by atoms with Gasteiger partial charge < -0.3 is 4.74 Å². The maximum Gasteiger partial charge on any atom is 0.164 e. The third kappa shape index (κ3) is 1.87. The van der Waals surface area contributed by atoms with E-state index in [0.717, 1.165) is 3.57 Å². The molecule has 0 heterocycles. The van der Waals surface area contributed by atoms with E-state index in [9.17, 15) is 4.79 Å². The smallest absolute Gasteiger partial charge is 0.164 e. The highest BCUT2D eigenvalue weighted by atomic mass is 127. The standard InChI is InChI=1S/C10H8INO2/c1-6(13)9-7(5-12)3-4-8(11)10(9)14-2/h3-4H,1-2H3. The third-order valence-electron chi connectivity index (χ3n) is 1.79. The molecule has 0 N–H and O–H groups in total. The molecule has 0 aromatic heterocycles. The Morgan fingerprint density at radius 3 is 2.64 bits per heavy atom. The Bertz CT molecular complexity index is 421. The SMILES string of the molecule is COc1c(I)ccc(C#N)c1C(C)=O. The minimum Gasteiger partial charge on any atom is -0.495 e. The lowest BCUT2D eigenvalue weighted by Crippen LogP contribution is -2.02. The van der Waals surface area contributed by atoms with Crippen molar-refractivity contribution in [3.63, 3.8) is 0 Å². The van der Waals surface area contributed by atoms with Crippen LogP contribution in [0.3, 0.4) is 0 Å². The number of ketones is 1. The van der Waals surface area contributed by atoms with E-state index in [0.29, 0.717) is 16.9 Å². The predicted molar refractivity (Wildman–Crippen MR) is 60.4 cm³/mol. The van der Waals surface area contributed by atoms with E-state index in [-0.39, 0.29) is 5.78 Å². The summed E-state index contributed by atoms with van der Waals surface area (Å²) in [7, 11) is 1.49. The largest absolute Gasteiger partial charge is 0.495 e. The van der Waals surface area contributed by atoms with Gasteiger partial charge in [-0.3, -0.25) is 4.79 Å². The summed E-state index contributed by atoms with van der Waals surface area (Å²) in [4.78, 5) is 11.3. The van der Waals surface area contributed by atoms with E-state index in [1.165, 1.54) is 14.0 Å². The van der Waals surface area contributed by atoms with Gasteiger partial charge in [0.05, 0.1) is 21.8 Å². The molecular weight excluding hydrogens is 293 g/mol. The molecule has 0 bridgehead atoms. The van der Waals surface area contributed by atoms with Crippen LogP contribution in [-0.2, 0) is 0 Å². The molecule has 0 atom stereocenters. The highest BCUT2D eigenvalue weighted by Crippen LogP contribution is 2.28. The van der Waals surface area contributed by atoms with Gasteiger partial charge in [0.15, 0.2) is 5.78 Å². The molecule has 0 saturated carbocycles. The number of ether oxygens (including phenoxy) is 1. The normalized spacial score (nSPS) is 9.29. The van der Waals surface area contributed by atoms with Crippen LogP contribution < -0.4 is 4.74 Å². The molecule has 1 aromatic rings. The van der Waals surface area contributed by atoms with E-state index < -0.39 is 0 Å². The third-order valence-corrected chi connectivity index (χ3v) is 2.64. The predicted octanol–water partition coefficient (Wildman–Crippen LogP) is 2.37. The van der Waals surface area contributed by atoms with Gasteiger partial charge >= 0.3 is 0 Å². The fourth-order valence-corrected chi connectivity index (χ4v) is 1.87. The van der Waals surface area contributed by atoms with Crippen LogP contribution in [0.1, 0.15) is 22.8 Å². The van der Waals surface area contributed by atoms with Gasteiger partial charge in [0.2, 0.25) is 0 Å². The molecule has 0 unspecified atom stereocenters. The Kier molecular flexibility index (Phi) is 3.47. The van der Waals surface area contributed by atoms with Crippen LogP contribution in [0.4, 0.5) is 0 Å². The van der Waals surface area contributed by atoms with Gasteiger partial charge in [-0.1, -0.05) is 0 Å². The first kappa shape index (κ1) is 11.0. The fourth-order valence-electron chi connectivity index (χ4n) is 1.20. The zero-order valence-corrected chi connectivity index (χ0v) is 9.95. The average molecular weight is 301 g/mol. The van der Waals surface area contributed by atoms with Gasteiger partial charge in [-0.05, 0) is 41.6 Å². The quantitative estimate of drug-likeness (QED) is 0.622. The van der Waals surface area contributed by atoms with Crippen LogP contribution in [-0.4, -0.2) is 12.9 Å². The lowest BCUT2D eigenvalue weighted by atomic mass is 10.0. The number of nitrogens with zero attached hydrogens (tertiary/aromatic N) is 1. The number of carbonyl (C=O) groups is 1. The van der Waals surface area contributed by atoms with Crippen LogP contribution >= 0.6 is 22.6 Å². The van der Waals surface area contributed by atoms with Gasteiger partial charge in [0, 0.05) is 0 Å².